The van der Waals surface area contributed by atoms with E-state index in [-0.39, 0.29) is 0 Å². The molecule has 1 saturated heterocycles. The number of methoxy groups -OCH3 is 1. The minimum absolute atomic E-state index is 0.319. The van der Waals surface area contributed by atoms with Crippen molar-refractivity contribution in [2.24, 2.45) is 7.05 Å². The molecule has 6 nitrogen and oxygen atoms in total. The molecular weight excluding hydrogens is 449 g/mol. The van der Waals surface area contributed by atoms with Gasteiger partial charge in [-0.25, -0.2) is 4.39 Å². The second-order valence-corrected chi connectivity index (χ2v) is 9.05. The third kappa shape index (κ3) is 3.43. The molecule has 0 atom stereocenters. The molecule has 1 fully saturated rings. The number of hydrogen-bond donors (Lipinski definition) is 0. The lowest BCUT2D eigenvalue weighted by Gasteiger charge is -2.34. The lowest BCUT2D eigenvalue weighted by atomic mass is 10.00. The molecule has 166 valence electrons. The number of hydrogen-bond acceptors (Lipinski definition) is 6. The maximum atomic E-state index is 15.9. The van der Waals surface area contributed by atoms with E-state index in [1.54, 1.807) is 24.1 Å². The molecule has 0 radical (unpaired) electrons. The van der Waals surface area contributed by atoms with Gasteiger partial charge in [0.2, 0.25) is 0 Å². The molecule has 0 bridgehead atoms. The van der Waals surface area contributed by atoms with Gasteiger partial charge >= 0.3 is 0 Å². The van der Waals surface area contributed by atoms with E-state index in [1.165, 1.54) is 11.5 Å². The van der Waals surface area contributed by atoms with Crippen molar-refractivity contribution in [3.05, 3.63) is 47.9 Å². The van der Waals surface area contributed by atoms with Crippen LogP contribution < -0.4 is 9.64 Å². The molecule has 5 rings (SSSR count). The second-order valence-electron chi connectivity index (χ2n) is 7.89. The predicted molar refractivity (Wildman–Crippen MR) is 130 cm³/mol. The number of halogens is 2. The fraction of sp³-hybridized carbons (Fsp3) is 0.304. The first-order valence-electron chi connectivity index (χ1n) is 10.4. The Balaban J connectivity index is 1.62. The molecular formula is C23H23ClFN5OS. The van der Waals surface area contributed by atoms with Crippen molar-refractivity contribution in [3.8, 4) is 16.9 Å². The summed E-state index contributed by atoms with van der Waals surface area (Å²) in [5.74, 6) is 0.198. The molecule has 32 heavy (non-hydrogen) atoms. The van der Waals surface area contributed by atoms with E-state index in [2.05, 4.69) is 25.9 Å². The molecule has 0 N–H and O–H groups in total. The van der Waals surface area contributed by atoms with E-state index in [9.17, 15) is 0 Å². The number of aryl methyl sites for hydroxylation is 1. The smallest absolute Gasteiger partial charge is 0.159 e. The average Bonchev–Trinajstić information content (AvgIpc) is 3.38. The van der Waals surface area contributed by atoms with Gasteiger partial charge in [0, 0.05) is 61.7 Å². The summed E-state index contributed by atoms with van der Waals surface area (Å²) in [7, 11) is 3.42. The molecule has 3 heterocycles. The zero-order valence-electron chi connectivity index (χ0n) is 17.9. The summed E-state index contributed by atoms with van der Waals surface area (Å²) in [6.07, 6.45) is 3.66. The zero-order valence-corrected chi connectivity index (χ0v) is 19.5. The molecule has 1 aliphatic rings. The van der Waals surface area contributed by atoms with Crippen LogP contribution in [-0.2, 0) is 7.05 Å². The van der Waals surface area contributed by atoms with E-state index in [4.69, 9.17) is 16.3 Å². The van der Waals surface area contributed by atoms with Gasteiger partial charge in [-0.2, -0.15) is 9.47 Å². The van der Waals surface area contributed by atoms with E-state index < -0.39 is 5.82 Å². The standard InChI is InChI=1S/C23H23ClFN5OS/c1-4-5-29-6-8-30(9-7-29)23-17-12-18(24)19(20(25)21(17)27-32-23)16-11-15(31-3)10-14-13-26-28(2)22(14)16/h4,10-13H,1,5-9H2,2-3H3. The van der Waals surface area contributed by atoms with Crippen LogP contribution in [0.2, 0.25) is 5.02 Å². The first-order chi connectivity index (χ1) is 15.5. The molecule has 0 unspecified atom stereocenters. The SMILES string of the molecule is C=CCN1CCN(c2snc3c(F)c(-c4cc(OC)cc5cnn(C)c45)c(Cl)cc23)CC1. The Labute approximate surface area is 194 Å². The van der Waals surface area contributed by atoms with Crippen LogP contribution in [0.3, 0.4) is 0 Å². The second kappa shape index (κ2) is 8.35. The van der Waals surface area contributed by atoms with E-state index in [0.29, 0.717) is 27.4 Å². The van der Waals surface area contributed by atoms with Crippen molar-refractivity contribution in [2.45, 2.75) is 0 Å². The number of rotatable bonds is 5. The molecule has 4 aromatic rings. The summed E-state index contributed by atoms with van der Waals surface area (Å²) < 4.78 is 27.6. The summed E-state index contributed by atoms with van der Waals surface area (Å²) >= 11 is 8.04. The molecule has 0 amide bonds. The Morgan fingerprint density at radius 1 is 1.25 bits per heavy atom. The Morgan fingerprint density at radius 3 is 2.75 bits per heavy atom. The third-order valence-electron chi connectivity index (χ3n) is 6.00. The number of ether oxygens (including phenoxy) is 1. The van der Waals surface area contributed by atoms with Gasteiger partial charge in [0.1, 0.15) is 16.3 Å². The zero-order chi connectivity index (χ0) is 22.4. The number of anilines is 1. The van der Waals surface area contributed by atoms with Crippen molar-refractivity contribution in [1.29, 1.82) is 0 Å². The first kappa shape index (κ1) is 21.2. The summed E-state index contributed by atoms with van der Waals surface area (Å²) in [5, 5.41) is 7.24. The number of aromatic nitrogens is 3. The highest BCUT2D eigenvalue weighted by Gasteiger charge is 2.25. The van der Waals surface area contributed by atoms with Crippen LogP contribution in [0.4, 0.5) is 9.39 Å². The predicted octanol–water partition coefficient (Wildman–Crippen LogP) is 4.96. The summed E-state index contributed by atoms with van der Waals surface area (Å²) in [5.41, 5.74) is 2.09. The van der Waals surface area contributed by atoms with Crippen molar-refractivity contribution in [2.75, 3.05) is 44.7 Å². The first-order valence-corrected chi connectivity index (χ1v) is 11.5. The van der Waals surface area contributed by atoms with Gasteiger partial charge in [-0.1, -0.05) is 17.7 Å². The summed E-state index contributed by atoms with van der Waals surface area (Å²) in [6.45, 7) is 8.28. The minimum atomic E-state index is -0.420. The van der Waals surface area contributed by atoms with Gasteiger partial charge in [0.15, 0.2) is 5.82 Å². The maximum absolute atomic E-state index is 15.9. The highest BCUT2D eigenvalue weighted by molar-refractivity contribution is 7.11. The van der Waals surface area contributed by atoms with Crippen LogP contribution in [0.1, 0.15) is 0 Å². The van der Waals surface area contributed by atoms with Crippen molar-refractivity contribution >= 4 is 49.9 Å². The van der Waals surface area contributed by atoms with Gasteiger partial charge in [0.05, 0.1) is 23.8 Å². The number of fused-ring (bicyclic) bond motifs is 2. The topological polar surface area (TPSA) is 46.4 Å². The molecule has 1 aliphatic heterocycles. The Morgan fingerprint density at radius 2 is 2.03 bits per heavy atom. The quantitative estimate of drug-likeness (QED) is 0.385. The number of benzene rings is 2. The van der Waals surface area contributed by atoms with Gasteiger partial charge in [-0.15, -0.1) is 6.58 Å². The maximum Gasteiger partial charge on any atom is 0.159 e. The largest absolute Gasteiger partial charge is 0.497 e. The van der Waals surface area contributed by atoms with Crippen molar-refractivity contribution in [1.82, 2.24) is 19.1 Å². The number of nitrogens with zero attached hydrogens (tertiary/aromatic N) is 5. The Hall–Kier alpha value is -2.68. The molecule has 0 spiro atoms. The molecule has 2 aromatic carbocycles. The average molecular weight is 472 g/mol. The molecule has 2 aromatic heterocycles. The van der Waals surface area contributed by atoms with Gasteiger partial charge in [-0.3, -0.25) is 9.58 Å². The molecule has 0 saturated carbocycles. The molecule has 9 heteroatoms. The monoisotopic (exact) mass is 471 g/mol. The van der Waals surface area contributed by atoms with Gasteiger partial charge in [0.25, 0.3) is 0 Å². The molecule has 0 aliphatic carbocycles. The van der Waals surface area contributed by atoms with Crippen LogP contribution in [-0.4, -0.2) is 58.9 Å². The van der Waals surface area contributed by atoms with Crippen molar-refractivity contribution in [3.63, 3.8) is 0 Å². The Bertz CT molecular complexity index is 1330. The normalized spacial score (nSPS) is 15.1. The van der Waals surface area contributed by atoms with Crippen LogP contribution in [0.15, 0.2) is 37.1 Å². The lowest BCUT2D eigenvalue weighted by Crippen LogP contribution is -2.46. The van der Waals surface area contributed by atoms with E-state index in [1.807, 2.05) is 25.3 Å². The van der Waals surface area contributed by atoms with E-state index >= 15 is 4.39 Å². The van der Waals surface area contributed by atoms with Gasteiger partial charge in [-0.05, 0) is 29.7 Å². The fourth-order valence-electron chi connectivity index (χ4n) is 4.39. The van der Waals surface area contributed by atoms with Crippen LogP contribution >= 0.6 is 23.1 Å². The van der Waals surface area contributed by atoms with Crippen LogP contribution in [0.25, 0.3) is 32.9 Å². The van der Waals surface area contributed by atoms with E-state index in [0.717, 1.165) is 54.0 Å². The van der Waals surface area contributed by atoms with Crippen LogP contribution in [0.5, 0.6) is 5.75 Å². The van der Waals surface area contributed by atoms with Crippen LogP contribution in [0, 0.1) is 5.82 Å². The highest BCUT2D eigenvalue weighted by Crippen LogP contribution is 2.43. The Kier molecular flexibility index (Phi) is 5.53. The van der Waals surface area contributed by atoms with Crippen molar-refractivity contribution < 1.29 is 9.13 Å². The summed E-state index contributed by atoms with van der Waals surface area (Å²) in [6, 6.07) is 5.52. The third-order valence-corrected chi connectivity index (χ3v) is 7.23. The minimum Gasteiger partial charge on any atom is -0.497 e. The highest BCUT2D eigenvalue weighted by atomic mass is 35.5. The lowest BCUT2D eigenvalue weighted by molar-refractivity contribution is 0.285. The number of piperazine rings is 1. The fourth-order valence-corrected chi connectivity index (χ4v) is 5.60. The summed E-state index contributed by atoms with van der Waals surface area (Å²) in [4.78, 5) is 4.61. The van der Waals surface area contributed by atoms with Gasteiger partial charge < -0.3 is 9.64 Å².